The van der Waals surface area contributed by atoms with Crippen molar-refractivity contribution in [2.75, 3.05) is 14.1 Å². The van der Waals surface area contributed by atoms with Gasteiger partial charge in [0.05, 0.1) is 5.41 Å². The van der Waals surface area contributed by atoms with E-state index in [1.165, 1.54) is 0 Å². The van der Waals surface area contributed by atoms with Crippen LogP contribution in [0.1, 0.15) is 19.4 Å². The highest BCUT2D eigenvalue weighted by Gasteiger charge is 2.30. The molecule has 82 valence electrons. The summed E-state index contributed by atoms with van der Waals surface area (Å²) >= 11 is 3.38. The molecule has 0 spiro atoms. The second-order valence-electron chi connectivity index (χ2n) is 4.33. The van der Waals surface area contributed by atoms with Crippen LogP contribution in [0.2, 0.25) is 0 Å². The summed E-state index contributed by atoms with van der Waals surface area (Å²) in [5, 5.41) is 0. The Morgan fingerprint density at radius 1 is 1.20 bits per heavy atom. The molecule has 0 atom stereocenters. The SMILES string of the molecule is CN(C)C(=O)C(C)(C)c1ccc(Br)cc1. The zero-order valence-electron chi connectivity index (χ0n) is 9.54. The quantitative estimate of drug-likeness (QED) is 0.809. The lowest BCUT2D eigenvalue weighted by Gasteiger charge is -2.27. The lowest BCUT2D eigenvalue weighted by Crippen LogP contribution is -2.39. The molecule has 0 radical (unpaired) electrons. The van der Waals surface area contributed by atoms with Crippen molar-refractivity contribution in [1.82, 2.24) is 4.90 Å². The van der Waals surface area contributed by atoms with Crippen molar-refractivity contribution < 1.29 is 4.79 Å². The molecule has 1 rings (SSSR count). The summed E-state index contributed by atoms with van der Waals surface area (Å²) in [6.07, 6.45) is 0. The van der Waals surface area contributed by atoms with Crippen LogP contribution in [0.3, 0.4) is 0 Å². The van der Waals surface area contributed by atoms with Gasteiger partial charge in [-0.3, -0.25) is 4.79 Å². The highest BCUT2D eigenvalue weighted by molar-refractivity contribution is 9.10. The lowest BCUT2D eigenvalue weighted by molar-refractivity contribution is -0.133. The van der Waals surface area contributed by atoms with Gasteiger partial charge < -0.3 is 4.90 Å². The number of halogens is 1. The maximum absolute atomic E-state index is 12.0. The third-order valence-corrected chi connectivity index (χ3v) is 3.04. The molecule has 2 nitrogen and oxygen atoms in total. The molecule has 1 aromatic rings. The number of hydrogen-bond donors (Lipinski definition) is 0. The van der Waals surface area contributed by atoms with Crippen LogP contribution in [0.5, 0.6) is 0 Å². The Balaban J connectivity index is 3.05. The molecule has 0 heterocycles. The molecule has 0 saturated carbocycles. The minimum atomic E-state index is -0.468. The predicted octanol–water partition coefficient (Wildman–Crippen LogP) is 2.81. The molecule has 0 N–H and O–H groups in total. The van der Waals surface area contributed by atoms with Gasteiger partial charge in [0, 0.05) is 18.6 Å². The largest absolute Gasteiger partial charge is 0.348 e. The molecule has 0 aromatic heterocycles. The van der Waals surface area contributed by atoms with E-state index in [9.17, 15) is 4.79 Å². The van der Waals surface area contributed by atoms with E-state index < -0.39 is 5.41 Å². The second kappa shape index (κ2) is 4.35. The Labute approximate surface area is 99.4 Å². The molecule has 0 aliphatic carbocycles. The molecule has 0 aliphatic heterocycles. The van der Waals surface area contributed by atoms with Crippen molar-refractivity contribution in [2.24, 2.45) is 0 Å². The number of carbonyl (C=O) groups excluding carboxylic acids is 1. The van der Waals surface area contributed by atoms with Crippen molar-refractivity contribution in [3.8, 4) is 0 Å². The van der Waals surface area contributed by atoms with Gasteiger partial charge in [0.25, 0.3) is 0 Å². The summed E-state index contributed by atoms with van der Waals surface area (Å²) in [5.74, 6) is 0.116. The van der Waals surface area contributed by atoms with E-state index in [4.69, 9.17) is 0 Å². The van der Waals surface area contributed by atoms with Crippen molar-refractivity contribution in [2.45, 2.75) is 19.3 Å². The molecule has 0 unspecified atom stereocenters. The summed E-state index contributed by atoms with van der Waals surface area (Å²) in [5.41, 5.74) is 0.564. The predicted molar refractivity (Wildman–Crippen MR) is 65.9 cm³/mol. The van der Waals surface area contributed by atoms with Gasteiger partial charge in [-0.15, -0.1) is 0 Å². The first-order valence-electron chi connectivity index (χ1n) is 4.83. The van der Waals surface area contributed by atoms with Crippen LogP contribution in [0.4, 0.5) is 0 Å². The van der Waals surface area contributed by atoms with Gasteiger partial charge in [-0.25, -0.2) is 0 Å². The van der Waals surface area contributed by atoms with Gasteiger partial charge in [0.1, 0.15) is 0 Å². The smallest absolute Gasteiger partial charge is 0.232 e. The zero-order valence-corrected chi connectivity index (χ0v) is 11.1. The van der Waals surface area contributed by atoms with E-state index in [1.54, 1.807) is 19.0 Å². The van der Waals surface area contributed by atoms with E-state index in [1.807, 2.05) is 38.1 Å². The average molecular weight is 270 g/mol. The van der Waals surface area contributed by atoms with Crippen LogP contribution in [0.15, 0.2) is 28.7 Å². The Hall–Kier alpha value is -0.830. The number of carbonyl (C=O) groups is 1. The maximum Gasteiger partial charge on any atom is 0.232 e. The molecular weight excluding hydrogens is 254 g/mol. The number of rotatable bonds is 2. The monoisotopic (exact) mass is 269 g/mol. The molecule has 1 amide bonds. The number of amides is 1. The molecule has 0 saturated heterocycles. The normalized spacial score (nSPS) is 11.3. The van der Waals surface area contributed by atoms with Gasteiger partial charge in [-0.2, -0.15) is 0 Å². The molecular formula is C12H16BrNO. The minimum Gasteiger partial charge on any atom is -0.348 e. The summed E-state index contributed by atoms with van der Waals surface area (Å²) in [6.45, 7) is 3.89. The van der Waals surface area contributed by atoms with Crippen LogP contribution in [-0.2, 0) is 10.2 Å². The van der Waals surface area contributed by atoms with E-state index in [0.29, 0.717) is 0 Å². The van der Waals surface area contributed by atoms with Crippen LogP contribution in [0, 0.1) is 0 Å². The van der Waals surface area contributed by atoms with Gasteiger partial charge >= 0.3 is 0 Å². The Morgan fingerprint density at radius 2 is 1.67 bits per heavy atom. The van der Waals surface area contributed by atoms with Crippen molar-refractivity contribution in [3.05, 3.63) is 34.3 Å². The molecule has 1 aromatic carbocycles. The standard InChI is InChI=1S/C12H16BrNO/c1-12(2,11(15)14(3)4)9-5-7-10(13)8-6-9/h5-8H,1-4H3. The summed E-state index contributed by atoms with van der Waals surface area (Å²) < 4.78 is 1.03. The Kier molecular flexibility index (Phi) is 3.55. The van der Waals surface area contributed by atoms with Gasteiger partial charge in [0.15, 0.2) is 0 Å². The highest BCUT2D eigenvalue weighted by atomic mass is 79.9. The van der Waals surface area contributed by atoms with E-state index in [0.717, 1.165) is 10.0 Å². The Bertz CT molecular complexity index is 354. The molecule has 0 bridgehead atoms. The number of benzene rings is 1. The zero-order chi connectivity index (χ0) is 11.6. The topological polar surface area (TPSA) is 20.3 Å². The first kappa shape index (κ1) is 12.2. The first-order valence-corrected chi connectivity index (χ1v) is 5.63. The van der Waals surface area contributed by atoms with E-state index in [-0.39, 0.29) is 5.91 Å². The fraction of sp³-hybridized carbons (Fsp3) is 0.417. The second-order valence-corrected chi connectivity index (χ2v) is 5.25. The number of likely N-dealkylation sites (N-methyl/N-ethyl adjacent to an activating group) is 1. The van der Waals surface area contributed by atoms with E-state index >= 15 is 0 Å². The van der Waals surface area contributed by atoms with Crippen molar-refractivity contribution >= 4 is 21.8 Å². The summed E-state index contributed by atoms with van der Waals surface area (Å²) in [4.78, 5) is 13.6. The molecule has 15 heavy (non-hydrogen) atoms. The van der Waals surface area contributed by atoms with Crippen LogP contribution < -0.4 is 0 Å². The maximum atomic E-state index is 12.0. The Morgan fingerprint density at radius 3 is 2.07 bits per heavy atom. The summed E-state index contributed by atoms with van der Waals surface area (Å²) in [7, 11) is 3.56. The van der Waals surface area contributed by atoms with Gasteiger partial charge in [-0.05, 0) is 31.5 Å². The highest BCUT2D eigenvalue weighted by Crippen LogP contribution is 2.26. The number of hydrogen-bond acceptors (Lipinski definition) is 1. The third-order valence-electron chi connectivity index (χ3n) is 2.51. The van der Waals surface area contributed by atoms with Crippen molar-refractivity contribution in [3.63, 3.8) is 0 Å². The van der Waals surface area contributed by atoms with Crippen LogP contribution in [0.25, 0.3) is 0 Å². The summed E-state index contributed by atoms with van der Waals surface area (Å²) in [6, 6.07) is 7.87. The average Bonchev–Trinajstić information content (AvgIpc) is 2.17. The van der Waals surface area contributed by atoms with Gasteiger partial charge in [0.2, 0.25) is 5.91 Å². The fourth-order valence-corrected chi connectivity index (χ4v) is 1.81. The van der Waals surface area contributed by atoms with Crippen LogP contribution >= 0.6 is 15.9 Å². The van der Waals surface area contributed by atoms with E-state index in [2.05, 4.69) is 15.9 Å². The molecule has 0 aliphatic rings. The lowest BCUT2D eigenvalue weighted by atomic mass is 9.83. The molecule has 3 heteroatoms. The van der Waals surface area contributed by atoms with Crippen LogP contribution in [-0.4, -0.2) is 24.9 Å². The van der Waals surface area contributed by atoms with Crippen molar-refractivity contribution in [1.29, 1.82) is 0 Å². The fourth-order valence-electron chi connectivity index (χ4n) is 1.55. The number of nitrogens with zero attached hydrogens (tertiary/aromatic N) is 1. The van der Waals surface area contributed by atoms with Gasteiger partial charge in [-0.1, -0.05) is 28.1 Å². The first-order chi connectivity index (χ1) is 6.85. The molecule has 0 fully saturated rings. The minimum absolute atomic E-state index is 0.116. The third kappa shape index (κ3) is 2.59.